The molecule has 20 heavy (non-hydrogen) atoms. The van der Waals surface area contributed by atoms with Crippen LogP contribution in [0, 0.1) is 0 Å². The van der Waals surface area contributed by atoms with Crippen molar-refractivity contribution >= 4 is 5.69 Å². The molecule has 0 atom stereocenters. The second-order valence-electron chi connectivity index (χ2n) is 5.80. The molecule has 0 saturated heterocycles. The number of unbranched alkanes of at least 4 members (excludes halogenated alkanes) is 3. The van der Waals surface area contributed by atoms with Gasteiger partial charge in [-0.1, -0.05) is 25.0 Å². The molecular formula is C17H28N2O. The highest BCUT2D eigenvalue weighted by Gasteiger charge is 2.13. The SMILES string of the molecule is CN1CCCc2cc(CNCCCCCCO)ccc21. The summed E-state index contributed by atoms with van der Waals surface area (Å²) in [7, 11) is 2.18. The van der Waals surface area contributed by atoms with Gasteiger partial charge in [0.2, 0.25) is 0 Å². The molecule has 3 heteroatoms. The summed E-state index contributed by atoms with van der Waals surface area (Å²) in [6.45, 7) is 3.55. The maximum atomic E-state index is 8.71. The van der Waals surface area contributed by atoms with E-state index < -0.39 is 0 Å². The normalized spacial score (nSPS) is 14.4. The molecule has 0 bridgehead atoms. The number of aryl methyl sites for hydroxylation is 1. The molecule has 0 unspecified atom stereocenters. The quantitative estimate of drug-likeness (QED) is 0.717. The van der Waals surface area contributed by atoms with E-state index in [1.54, 1.807) is 0 Å². The fourth-order valence-corrected chi connectivity index (χ4v) is 2.90. The van der Waals surface area contributed by atoms with E-state index in [4.69, 9.17) is 5.11 Å². The third-order valence-corrected chi connectivity index (χ3v) is 4.09. The van der Waals surface area contributed by atoms with Crippen LogP contribution in [0.4, 0.5) is 5.69 Å². The molecule has 2 N–H and O–H groups in total. The number of aliphatic hydroxyl groups is 1. The summed E-state index contributed by atoms with van der Waals surface area (Å²) >= 11 is 0. The van der Waals surface area contributed by atoms with E-state index in [1.165, 1.54) is 49.0 Å². The molecule has 1 aliphatic heterocycles. The average molecular weight is 276 g/mol. The Bertz CT molecular complexity index is 406. The van der Waals surface area contributed by atoms with E-state index in [2.05, 4.69) is 35.5 Å². The highest BCUT2D eigenvalue weighted by Crippen LogP contribution is 2.26. The lowest BCUT2D eigenvalue weighted by atomic mass is 9.99. The number of fused-ring (bicyclic) bond motifs is 1. The van der Waals surface area contributed by atoms with Crippen LogP contribution in [-0.4, -0.2) is 31.9 Å². The Balaban J connectivity index is 1.71. The van der Waals surface area contributed by atoms with Crippen molar-refractivity contribution < 1.29 is 5.11 Å². The van der Waals surface area contributed by atoms with Gasteiger partial charge in [-0.05, 0) is 49.4 Å². The molecule has 0 radical (unpaired) electrons. The van der Waals surface area contributed by atoms with E-state index in [0.717, 1.165) is 25.9 Å². The Kier molecular flexibility index (Phi) is 6.34. The standard InChI is InChI=1S/C17H28N2O/c1-19-11-6-7-16-13-15(8-9-17(16)19)14-18-10-4-2-3-5-12-20/h8-9,13,18,20H,2-7,10-12,14H2,1H3. The molecule has 1 aromatic carbocycles. The molecule has 0 amide bonds. The molecule has 0 fully saturated rings. The van der Waals surface area contributed by atoms with E-state index >= 15 is 0 Å². The number of hydrogen-bond donors (Lipinski definition) is 2. The minimum atomic E-state index is 0.330. The van der Waals surface area contributed by atoms with Gasteiger partial charge < -0.3 is 15.3 Å². The van der Waals surface area contributed by atoms with Gasteiger partial charge in [0.05, 0.1) is 0 Å². The van der Waals surface area contributed by atoms with Crippen LogP contribution in [0.3, 0.4) is 0 Å². The van der Waals surface area contributed by atoms with Crippen molar-refractivity contribution in [1.82, 2.24) is 5.32 Å². The van der Waals surface area contributed by atoms with Crippen molar-refractivity contribution in [3.05, 3.63) is 29.3 Å². The van der Waals surface area contributed by atoms with E-state index in [1.807, 2.05) is 0 Å². The summed E-state index contributed by atoms with van der Waals surface area (Å²) in [5, 5.41) is 12.2. The van der Waals surface area contributed by atoms with Gasteiger partial charge in [0, 0.05) is 32.4 Å². The van der Waals surface area contributed by atoms with Crippen molar-refractivity contribution in [2.24, 2.45) is 0 Å². The molecule has 3 nitrogen and oxygen atoms in total. The second kappa shape index (κ2) is 8.28. The fourth-order valence-electron chi connectivity index (χ4n) is 2.90. The Labute approximate surface area is 123 Å². The first kappa shape index (κ1) is 15.3. The molecule has 1 heterocycles. The number of anilines is 1. The van der Waals surface area contributed by atoms with Crippen LogP contribution in [0.15, 0.2) is 18.2 Å². The van der Waals surface area contributed by atoms with Crippen molar-refractivity contribution in [2.45, 2.75) is 45.1 Å². The molecule has 1 aromatic rings. The number of nitrogens with one attached hydrogen (secondary N) is 1. The highest BCUT2D eigenvalue weighted by atomic mass is 16.2. The van der Waals surface area contributed by atoms with Gasteiger partial charge in [0.1, 0.15) is 0 Å². The van der Waals surface area contributed by atoms with Crippen LogP contribution in [0.2, 0.25) is 0 Å². The molecule has 0 saturated carbocycles. The lowest BCUT2D eigenvalue weighted by Crippen LogP contribution is -2.25. The summed E-state index contributed by atoms with van der Waals surface area (Å²) < 4.78 is 0. The van der Waals surface area contributed by atoms with Crippen molar-refractivity contribution in [3.8, 4) is 0 Å². The van der Waals surface area contributed by atoms with Crippen LogP contribution in [0.5, 0.6) is 0 Å². The average Bonchev–Trinajstić information content (AvgIpc) is 2.46. The van der Waals surface area contributed by atoms with Crippen LogP contribution in [0.1, 0.15) is 43.2 Å². The summed E-state index contributed by atoms with van der Waals surface area (Å²) in [5.41, 5.74) is 4.31. The van der Waals surface area contributed by atoms with E-state index in [-0.39, 0.29) is 0 Å². The van der Waals surface area contributed by atoms with Crippen LogP contribution < -0.4 is 10.2 Å². The van der Waals surface area contributed by atoms with E-state index in [9.17, 15) is 0 Å². The molecule has 112 valence electrons. The predicted octanol–water partition coefficient (Wildman–Crippen LogP) is 2.71. The van der Waals surface area contributed by atoms with Crippen LogP contribution in [-0.2, 0) is 13.0 Å². The molecule has 0 aromatic heterocycles. The zero-order valence-corrected chi connectivity index (χ0v) is 12.7. The largest absolute Gasteiger partial charge is 0.396 e. The predicted molar refractivity (Wildman–Crippen MR) is 85.3 cm³/mol. The van der Waals surface area contributed by atoms with Crippen molar-refractivity contribution in [2.75, 3.05) is 31.6 Å². The minimum Gasteiger partial charge on any atom is -0.396 e. The van der Waals surface area contributed by atoms with Gasteiger partial charge in [-0.25, -0.2) is 0 Å². The van der Waals surface area contributed by atoms with Gasteiger partial charge in [0.15, 0.2) is 0 Å². The summed E-state index contributed by atoms with van der Waals surface area (Å²) in [6, 6.07) is 6.88. The maximum Gasteiger partial charge on any atom is 0.0431 e. The first-order chi connectivity index (χ1) is 9.81. The number of nitrogens with zero attached hydrogens (tertiary/aromatic N) is 1. The Morgan fingerprint density at radius 1 is 1.20 bits per heavy atom. The van der Waals surface area contributed by atoms with Gasteiger partial charge >= 0.3 is 0 Å². The smallest absolute Gasteiger partial charge is 0.0431 e. The van der Waals surface area contributed by atoms with Crippen molar-refractivity contribution in [1.29, 1.82) is 0 Å². The lowest BCUT2D eigenvalue weighted by molar-refractivity contribution is 0.282. The van der Waals surface area contributed by atoms with Gasteiger partial charge in [0.25, 0.3) is 0 Å². The van der Waals surface area contributed by atoms with E-state index in [0.29, 0.717) is 6.61 Å². The summed E-state index contributed by atoms with van der Waals surface area (Å²) in [5.74, 6) is 0. The van der Waals surface area contributed by atoms with Crippen molar-refractivity contribution in [3.63, 3.8) is 0 Å². The third kappa shape index (κ3) is 4.50. The zero-order valence-electron chi connectivity index (χ0n) is 12.7. The molecular weight excluding hydrogens is 248 g/mol. The molecule has 0 aliphatic carbocycles. The van der Waals surface area contributed by atoms with Gasteiger partial charge in [-0.15, -0.1) is 0 Å². The third-order valence-electron chi connectivity index (χ3n) is 4.09. The number of aliphatic hydroxyl groups excluding tert-OH is 1. The zero-order chi connectivity index (χ0) is 14.2. The molecule has 0 spiro atoms. The van der Waals surface area contributed by atoms with Gasteiger partial charge in [-0.2, -0.15) is 0 Å². The van der Waals surface area contributed by atoms with Gasteiger partial charge in [-0.3, -0.25) is 0 Å². The Morgan fingerprint density at radius 2 is 2.05 bits per heavy atom. The Hall–Kier alpha value is -1.06. The van der Waals surface area contributed by atoms with Crippen LogP contribution in [0.25, 0.3) is 0 Å². The number of rotatable bonds is 8. The highest BCUT2D eigenvalue weighted by molar-refractivity contribution is 5.56. The number of benzene rings is 1. The first-order valence-corrected chi connectivity index (χ1v) is 7.96. The molecule has 2 rings (SSSR count). The first-order valence-electron chi connectivity index (χ1n) is 7.96. The minimum absolute atomic E-state index is 0.330. The summed E-state index contributed by atoms with van der Waals surface area (Å²) in [4.78, 5) is 2.36. The number of hydrogen-bond acceptors (Lipinski definition) is 3. The fraction of sp³-hybridized carbons (Fsp3) is 0.647. The summed E-state index contributed by atoms with van der Waals surface area (Å²) in [6.07, 6.45) is 6.98. The topological polar surface area (TPSA) is 35.5 Å². The molecule has 1 aliphatic rings. The second-order valence-corrected chi connectivity index (χ2v) is 5.80. The lowest BCUT2D eigenvalue weighted by Gasteiger charge is -2.27. The Morgan fingerprint density at radius 3 is 2.90 bits per heavy atom. The monoisotopic (exact) mass is 276 g/mol. The van der Waals surface area contributed by atoms with Crippen LogP contribution >= 0.6 is 0 Å². The maximum absolute atomic E-state index is 8.71.